The van der Waals surface area contributed by atoms with E-state index < -0.39 is 11.8 Å². The van der Waals surface area contributed by atoms with Gasteiger partial charge in [0, 0.05) is 10.0 Å². The second kappa shape index (κ2) is 11.8. The second-order valence-corrected chi connectivity index (χ2v) is 7.64. The number of carbonyl (C=O) groups is 2. The zero-order valence-corrected chi connectivity index (χ0v) is 19.2. The second-order valence-electron chi connectivity index (χ2n) is 6.38. The van der Waals surface area contributed by atoms with Crippen LogP contribution in [0.4, 0.5) is 0 Å². The number of hydrogen-bond acceptors (Lipinski definition) is 5. The molecule has 0 atom stereocenters. The predicted octanol–water partition coefficient (Wildman–Crippen LogP) is 3.86. The number of halogens is 1. The molecule has 0 saturated carbocycles. The summed E-state index contributed by atoms with van der Waals surface area (Å²) >= 11 is 8.36. The molecular formula is C23H20BrN3O4S. The molecule has 3 aromatic rings. The van der Waals surface area contributed by atoms with E-state index >= 15 is 0 Å². The van der Waals surface area contributed by atoms with Gasteiger partial charge in [0.05, 0.1) is 5.56 Å². The normalized spacial score (nSPS) is 10.0. The van der Waals surface area contributed by atoms with Crippen LogP contribution in [-0.2, 0) is 0 Å². The van der Waals surface area contributed by atoms with Crippen molar-refractivity contribution < 1.29 is 19.1 Å². The lowest BCUT2D eigenvalue weighted by Gasteiger charge is -2.12. The minimum Gasteiger partial charge on any atom is -0.490 e. The number of amides is 2. The Hall–Kier alpha value is -3.43. The van der Waals surface area contributed by atoms with Crippen molar-refractivity contribution in [2.45, 2.75) is 0 Å². The molecule has 0 aliphatic carbocycles. The molecular weight excluding hydrogens is 494 g/mol. The Morgan fingerprint density at radius 2 is 1.34 bits per heavy atom. The van der Waals surface area contributed by atoms with Crippen LogP contribution in [0.3, 0.4) is 0 Å². The SMILES string of the molecule is O=C(NC(=S)NNC(=O)c1ccccc1Br)c1ccc(OCCOc2ccccc2)cc1. The Morgan fingerprint density at radius 3 is 2.00 bits per heavy atom. The highest BCUT2D eigenvalue weighted by molar-refractivity contribution is 9.10. The molecule has 7 nitrogen and oxygen atoms in total. The molecule has 0 aliphatic rings. The topological polar surface area (TPSA) is 88.7 Å². The number of thiocarbonyl (C=S) groups is 1. The molecule has 0 bridgehead atoms. The van der Waals surface area contributed by atoms with Crippen LogP contribution >= 0.6 is 28.1 Å². The number of hydrogen-bond donors (Lipinski definition) is 3. The summed E-state index contributed by atoms with van der Waals surface area (Å²) in [6.45, 7) is 0.767. The van der Waals surface area contributed by atoms with Crippen molar-refractivity contribution in [2.75, 3.05) is 13.2 Å². The highest BCUT2D eigenvalue weighted by atomic mass is 79.9. The number of ether oxygens (including phenoxy) is 2. The van der Waals surface area contributed by atoms with E-state index in [2.05, 4.69) is 32.1 Å². The number of nitrogens with one attached hydrogen (secondary N) is 3. The van der Waals surface area contributed by atoms with Gasteiger partial charge in [-0.3, -0.25) is 25.8 Å². The van der Waals surface area contributed by atoms with Gasteiger partial charge in [-0.05, 0) is 76.7 Å². The molecule has 0 aromatic heterocycles. The number of hydrazine groups is 1. The molecule has 0 heterocycles. The van der Waals surface area contributed by atoms with E-state index in [0.29, 0.717) is 34.6 Å². The standard InChI is InChI=1S/C23H20BrN3O4S/c24-20-9-5-4-8-19(20)22(29)26-27-23(32)25-21(28)16-10-12-18(13-11-16)31-15-14-30-17-6-2-1-3-7-17/h1-13H,14-15H2,(H,26,29)(H2,25,27,28,32). The molecule has 2 amide bonds. The van der Waals surface area contributed by atoms with Crippen LogP contribution in [0.15, 0.2) is 83.3 Å². The molecule has 0 radical (unpaired) electrons. The number of benzene rings is 3. The van der Waals surface area contributed by atoms with Crippen molar-refractivity contribution in [3.63, 3.8) is 0 Å². The maximum Gasteiger partial charge on any atom is 0.270 e. The highest BCUT2D eigenvalue weighted by Gasteiger charge is 2.11. The minimum absolute atomic E-state index is 0.0335. The molecule has 0 fully saturated rings. The van der Waals surface area contributed by atoms with Crippen molar-refractivity contribution >= 4 is 45.1 Å². The quantitative estimate of drug-likeness (QED) is 0.252. The number of para-hydroxylation sites is 1. The Bertz CT molecular complexity index is 1080. The van der Waals surface area contributed by atoms with E-state index in [9.17, 15) is 9.59 Å². The highest BCUT2D eigenvalue weighted by Crippen LogP contribution is 2.15. The number of carbonyl (C=O) groups excluding carboxylic acids is 2. The van der Waals surface area contributed by atoms with Gasteiger partial charge in [0.1, 0.15) is 24.7 Å². The fraction of sp³-hybridized carbons (Fsp3) is 0.0870. The van der Waals surface area contributed by atoms with Gasteiger partial charge < -0.3 is 9.47 Å². The first-order valence-corrected chi connectivity index (χ1v) is 10.8. The van der Waals surface area contributed by atoms with Crippen molar-refractivity contribution in [1.29, 1.82) is 0 Å². The van der Waals surface area contributed by atoms with Crippen LogP contribution in [0.5, 0.6) is 11.5 Å². The lowest BCUT2D eigenvalue weighted by atomic mass is 10.2. The van der Waals surface area contributed by atoms with Crippen LogP contribution in [-0.4, -0.2) is 30.1 Å². The number of rotatable bonds is 7. The van der Waals surface area contributed by atoms with Crippen LogP contribution in [0, 0.1) is 0 Å². The molecule has 9 heteroatoms. The van der Waals surface area contributed by atoms with Gasteiger partial charge in [-0.2, -0.15) is 0 Å². The fourth-order valence-electron chi connectivity index (χ4n) is 2.57. The summed E-state index contributed by atoms with van der Waals surface area (Å²) in [6, 6.07) is 23.0. The Morgan fingerprint density at radius 1 is 0.750 bits per heavy atom. The van der Waals surface area contributed by atoms with Gasteiger partial charge >= 0.3 is 0 Å². The summed E-state index contributed by atoms with van der Waals surface area (Å²) in [7, 11) is 0. The largest absolute Gasteiger partial charge is 0.490 e. The average molecular weight is 514 g/mol. The zero-order valence-electron chi connectivity index (χ0n) is 16.8. The van der Waals surface area contributed by atoms with Crippen LogP contribution in [0.25, 0.3) is 0 Å². The average Bonchev–Trinajstić information content (AvgIpc) is 2.81. The van der Waals surface area contributed by atoms with Crippen LogP contribution < -0.4 is 25.6 Å². The first kappa shape index (κ1) is 23.2. The van der Waals surface area contributed by atoms with Gasteiger partial charge in [-0.25, -0.2) is 0 Å². The fourth-order valence-corrected chi connectivity index (χ4v) is 3.18. The lowest BCUT2D eigenvalue weighted by molar-refractivity contribution is 0.0934. The summed E-state index contributed by atoms with van der Waals surface area (Å²) < 4.78 is 11.8. The van der Waals surface area contributed by atoms with Gasteiger partial charge in [-0.1, -0.05) is 30.3 Å². The third-order valence-electron chi connectivity index (χ3n) is 4.12. The Labute approximate surface area is 199 Å². The lowest BCUT2D eigenvalue weighted by Crippen LogP contribution is -2.48. The molecule has 3 N–H and O–H groups in total. The van der Waals surface area contributed by atoms with Crippen molar-refractivity contribution in [3.05, 3.63) is 94.5 Å². The molecule has 3 rings (SSSR count). The molecule has 0 aliphatic heterocycles. The molecule has 3 aromatic carbocycles. The van der Waals surface area contributed by atoms with Crippen LogP contribution in [0.2, 0.25) is 0 Å². The molecule has 0 spiro atoms. The Balaban J connectivity index is 1.40. The molecule has 32 heavy (non-hydrogen) atoms. The van der Waals surface area contributed by atoms with E-state index in [-0.39, 0.29) is 5.11 Å². The summed E-state index contributed by atoms with van der Waals surface area (Å²) in [4.78, 5) is 24.5. The maximum absolute atomic E-state index is 12.3. The maximum atomic E-state index is 12.3. The minimum atomic E-state index is -0.420. The van der Waals surface area contributed by atoms with E-state index in [1.54, 1.807) is 48.5 Å². The molecule has 0 unspecified atom stereocenters. The molecule has 0 saturated heterocycles. The van der Waals surface area contributed by atoms with Crippen molar-refractivity contribution in [3.8, 4) is 11.5 Å². The van der Waals surface area contributed by atoms with Crippen molar-refractivity contribution in [2.24, 2.45) is 0 Å². The van der Waals surface area contributed by atoms with E-state index in [0.717, 1.165) is 5.75 Å². The van der Waals surface area contributed by atoms with E-state index in [4.69, 9.17) is 21.7 Å². The van der Waals surface area contributed by atoms with Gasteiger partial charge in [-0.15, -0.1) is 0 Å². The summed E-state index contributed by atoms with van der Waals surface area (Å²) in [5, 5.41) is 2.47. The van der Waals surface area contributed by atoms with Gasteiger partial charge in [0.2, 0.25) is 0 Å². The first-order valence-electron chi connectivity index (χ1n) is 9.60. The van der Waals surface area contributed by atoms with E-state index in [1.807, 2.05) is 30.3 Å². The summed E-state index contributed by atoms with van der Waals surface area (Å²) in [6.07, 6.45) is 0. The monoisotopic (exact) mass is 513 g/mol. The zero-order chi connectivity index (χ0) is 22.8. The summed E-state index contributed by atoms with van der Waals surface area (Å²) in [5.74, 6) is 0.573. The smallest absolute Gasteiger partial charge is 0.270 e. The molecule has 164 valence electrons. The predicted molar refractivity (Wildman–Crippen MR) is 129 cm³/mol. The summed E-state index contributed by atoms with van der Waals surface area (Å²) in [5.41, 5.74) is 5.77. The Kier molecular flexibility index (Phi) is 8.59. The van der Waals surface area contributed by atoms with Crippen LogP contribution in [0.1, 0.15) is 20.7 Å². The third-order valence-corrected chi connectivity index (χ3v) is 5.01. The van der Waals surface area contributed by atoms with Gasteiger partial charge in [0.25, 0.3) is 11.8 Å². The first-order chi connectivity index (χ1) is 15.5. The van der Waals surface area contributed by atoms with Crippen molar-refractivity contribution in [1.82, 2.24) is 16.2 Å². The van der Waals surface area contributed by atoms with E-state index in [1.165, 1.54) is 0 Å². The van der Waals surface area contributed by atoms with Gasteiger partial charge in [0.15, 0.2) is 5.11 Å². The third kappa shape index (κ3) is 7.07.